The molecule has 1 amide bonds. The van der Waals surface area contributed by atoms with Crippen LogP contribution in [-0.4, -0.2) is 32.3 Å². The lowest BCUT2D eigenvalue weighted by molar-refractivity contribution is -0.124. The molecule has 0 radical (unpaired) electrons. The van der Waals surface area contributed by atoms with Crippen LogP contribution in [0.15, 0.2) is 24.4 Å². The molecular formula is C17H19N5O3. The number of amides is 1. The molecule has 1 aromatic carbocycles. The number of aromatic nitrogens is 4. The first-order valence-electron chi connectivity index (χ1n) is 8.07. The van der Waals surface area contributed by atoms with E-state index in [0.717, 1.165) is 28.0 Å². The predicted octanol–water partition coefficient (Wildman–Crippen LogP) is 1.68. The van der Waals surface area contributed by atoms with Gasteiger partial charge in [0.1, 0.15) is 17.1 Å². The van der Waals surface area contributed by atoms with E-state index in [1.807, 2.05) is 45.3 Å². The number of nitrogens with zero attached hydrogens (tertiary/aromatic N) is 4. The SMILES string of the molecule is Cc1nn(C)c2cn([C@@H](C)C(=O)NCc3ccc4c(c3)OCO4)nc12. The van der Waals surface area contributed by atoms with Crippen LogP contribution in [0.4, 0.5) is 0 Å². The summed E-state index contributed by atoms with van der Waals surface area (Å²) in [7, 11) is 1.87. The van der Waals surface area contributed by atoms with Crippen LogP contribution in [0.3, 0.4) is 0 Å². The third kappa shape index (κ3) is 2.69. The normalized spacial score (nSPS) is 14.0. The molecule has 0 spiro atoms. The molecule has 2 aromatic heterocycles. The summed E-state index contributed by atoms with van der Waals surface area (Å²) in [6.45, 7) is 4.39. The number of hydrogen-bond donors (Lipinski definition) is 1. The van der Waals surface area contributed by atoms with Crippen molar-refractivity contribution in [2.75, 3.05) is 6.79 Å². The van der Waals surface area contributed by atoms with Crippen LogP contribution in [0.1, 0.15) is 24.2 Å². The molecule has 25 heavy (non-hydrogen) atoms. The summed E-state index contributed by atoms with van der Waals surface area (Å²) in [6, 6.07) is 5.23. The molecule has 0 unspecified atom stereocenters. The van der Waals surface area contributed by atoms with Crippen molar-refractivity contribution < 1.29 is 14.3 Å². The van der Waals surface area contributed by atoms with Crippen molar-refractivity contribution in [3.63, 3.8) is 0 Å². The number of ether oxygens (including phenoxy) is 2. The lowest BCUT2D eigenvalue weighted by atomic mass is 10.2. The molecule has 0 saturated carbocycles. The molecule has 1 aliphatic heterocycles. The first-order valence-corrected chi connectivity index (χ1v) is 8.07. The van der Waals surface area contributed by atoms with Gasteiger partial charge in [0, 0.05) is 13.6 Å². The number of hydrogen-bond acceptors (Lipinski definition) is 5. The Hall–Kier alpha value is -3.03. The fraction of sp³-hybridized carbons (Fsp3) is 0.353. The molecule has 1 atom stereocenters. The smallest absolute Gasteiger partial charge is 0.244 e. The van der Waals surface area contributed by atoms with Gasteiger partial charge in [-0.1, -0.05) is 6.07 Å². The van der Waals surface area contributed by atoms with Crippen molar-refractivity contribution >= 4 is 16.9 Å². The maximum Gasteiger partial charge on any atom is 0.244 e. The standard InChI is InChI=1S/C17H19N5O3/c1-10-16-13(21(3)19-10)8-22(20-16)11(2)17(23)18-7-12-4-5-14-15(6-12)25-9-24-14/h4-6,8,11H,7,9H2,1-3H3,(H,18,23)/t11-/m0/s1. The van der Waals surface area contributed by atoms with Gasteiger partial charge in [-0.3, -0.25) is 14.2 Å². The van der Waals surface area contributed by atoms with Crippen molar-refractivity contribution in [1.29, 1.82) is 0 Å². The minimum atomic E-state index is -0.416. The van der Waals surface area contributed by atoms with Gasteiger partial charge in [0.2, 0.25) is 12.7 Å². The minimum absolute atomic E-state index is 0.101. The Labute approximate surface area is 144 Å². The van der Waals surface area contributed by atoms with E-state index in [0.29, 0.717) is 12.3 Å². The molecule has 8 heteroatoms. The number of benzene rings is 1. The minimum Gasteiger partial charge on any atom is -0.454 e. The molecule has 130 valence electrons. The lowest BCUT2D eigenvalue weighted by Crippen LogP contribution is -2.30. The van der Waals surface area contributed by atoms with E-state index >= 15 is 0 Å². The van der Waals surface area contributed by atoms with Crippen molar-refractivity contribution in [1.82, 2.24) is 24.9 Å². The molecule has 0 bridgehead atoms. The Balaban J connectivity index is 1.45. The van der Waals surface area contributed by atoms with Gasteiger partial charge in [-0.2, -0.15) is 10.2 Å². The molecule has 8 nitrogen and oxygen atoms in total. The molecule has 4 rings (SSSR count). The second-order valence-corrected chi connectivity index (χ2v) is 6.13. The average molecular weight is 341 g/mol. The zero-order chi connectivity index (χ0) is 17.6. The van der Waals surface area contributed by atoms with Crippen LogP contribution < -0.4 is 14.8 Å². The summed E-state index contributed by atoms with van der Waals surface area (Å²) in [5.41, 5.74) is 3.53. The molecular weight excluding hydrogens is 322 g/mol. The highest BCUT2D eigenvalue weighted by Gasteiger charge is 2.19. The van der Waals surface area contributed by atoms with E-state index in [4.69, 9.17) is 9.47 Å². The van der Waals surface area contributed by atoms with Gasteiger partial charge in [-0.25, -0.2) is 0 Å². The van der Waals surface area contributed by atoms with Gasteiger partial charge < -0.3 is 14.8 Å². The van der Waals surface area contributed by atoms with Gasteiger partial charge in [0.05, 0.1) is 11.9 Å². The lowest BCUT2D eigenvalue weighted by Gasteiger charge is -2.13. The van der Waals surface area contributed by atoms with Gasteiger partial charge >= 0.3 is 0 Å². The van der Waals surface area contributed by atoms with E-state index < -0.39 is 6.04 Å². The van der Waals surface area contributed by atoms with Crippen LogP contribution in [0.25, 0.3) is 11.0 Å². The molecule has 1 aliphatic rings. The molecule has 0 saturated heterocycles. The molecule has 3 heterocycles. The van der Waals surface area contributed by atoms with Gasteiger partial charge in [-0.15, -0.1) is 0 Å². The quantitative estimate of drug-likeness (QED) is 0.781. The van der Waals surface area contributed by atoms with Crippen LogP contribution in [0.2, 0.25) is 0 Å². The first-order chi connectivity index (χ1) is 12.0. The summed E-state index contributed by atoms with van der Waals surface area (Å²) >= 11 is 0. The highest BCUT2D eigenvalue weighted by Crippen LogP contribution is 2.32. The number of fused-ring (bicyclic) bond motifs is 2. The third-order valence-electron chi connectivity index (χ3n) is 4.38. The topological polar surface area (TPSA) is 83.2 Å². The fourth-order valence-corrected chi connectivity index (χ4v) is 2.91. The fourth-order valence-electron chi connectivity index (χ4n) is 2.91. The van der Waals surface area contributed by atoms with E-state index in [1.165, 1.54) is 0 Å². The van der Waals surface area contributed by atoms with Gasteiger partial charge in [-0.05, 0) is 31.5 Å². The van der Waals surface area contributed by atoms with Crippen molar-refractivity contribution in [3.05, 3.63) is 35.7 Å². The van der Waals surface area contributed by atoms with Crippen LogP contribution >= 0.6 is 0 Å². The number of rotatable bonds is 4. The van der Waals surface area contributed by atoms with Gasteiger partial charge in [0.15, 0.2) is 11.5 Å². The maximum atomic E-state index is 12.5. The zero-order valence-electron chi connectivity index (χ0n) is 14.3. The Morgan fingerprint density at radius 1 is 1.32 bits per heavy atom. The summed E-state index contributed by atoms with van der Waals surface area (Å²) in [4.78, 5) is 12.5. The van der Waals surface area contributed by atoms with Crippen LogP contribution in [0, 0.1) is 6.92 Å². The van der Waals surface area contributed by atoms with E-state index in [-0.39, 0.29) is 12.7 Å². The average Bonchev–Trinajstić information content (AvgIpc) is 3.29. The number of carbonyl (C=O) groups is 1. The zero-order valence-corrected chi connectivity index (χ0v) is 14.3. The Morgan fingerprint density at radius 3 is 2.92 bits per heavy atom. The Bertz CT molecular complexity index is 924. The van der Waals surface area contributed by atoms with Crippen molar-refractivity contribution in [3.8, 4) is 11.5 Å². The highest BCUT2D eigenvalue weighted by molar-refractivity contribution is 5.81. The molecule has 3 aromatic rings. The second-order valence-electron chi connectivity index (χ2n) is 6.13. The number of nitrogens with one attached hydrogen (secondary N) is 1. The van der Waals surface area contributed by atoms with Crippen molar-refractivity contribution in [2.24, 2.45) is 7.05 Å². The summed E-state index contributed by atoms with van der Waals surface area (Å²) < 4.78 is 14.1. The maximum absolute atomic E-state index is 12.5. The Morgan fingerprint density at radius 2 is 2.12 bits per heavy atom. The second kappa shape index (κ2) is 5.80. The largest absolute Gasteiger partial charge is 0.454 e. The Kier molecular flexibility index (Phi) is 3.60. The monoisotopic (exact) mass is 341 g/mol. The number of aryl methyl sites for hydroxylation is 2. The molecule has 0 fully saturated rings. The third-order valence-corrected chi connectivity index (χ3v) is 4.38. The molecule has 0 aliphatic carbocycles. The van der Waals surface area contributed by atoms with Crippen molar-refractivity contribution in [2.45, 2.75) is 26.4 Å². The predicted molar refractivity (Wildman–Crippen MR) is 90.4 cm³/mol. The van der Waals surface area contributed by atoms with E-state index in [9.17, 15) is 4.79 Å². The summed E-state index contributed by atoms with van der Waals surface area (Å²) in [5, 5.41) is 11.7. The van der Waals surface area contributed by atoms with E-state index in [2.05, 4.69) is 15.5 Å². The summed E-state index contributed by atoms with van der Waals surface area (Å²) in [5.74, 6) is 1.34. The molecule has 1 N–H and O–H groups in total. The van der Waals surface area contributed by atoms with Crippen LogP contribution in [0.5, 0.6) is 11.5 Å². The van der Waals surface area contributed by atoms with Crippen LogP contribution in [-0.2, 0) is 18.4 Å². The van der Waals surface area contributed by atoms with Gasteiger partial charge in [0.25, 0.3) is 0 Å². The first kappa shape index (κ1) is 15.5. The summed E-state index contributed by atoms with van der Waals surface area (Å²) in [6.07, 6.45) is 1.85. The highest BCUT2D eigenvalue weighted by atomic mass is 16.7. The number of carbonyl (C=O) groups excluding carboxylic acids is 1. The van der Waals surface area contributed by atoms with E-state index in [1.54, 1.807) is 9.36 Å².